The van der Waals surface area contributed by atoms with Gasteiger partial charge in [-0.25, -0.2) is 4.98 Å². The topological polar surface area (TPSA) is 73.6 Å². The maximum atomic E-state index is 8.84. The number of hydrogen-bond donors (Lipinski definition) is 2. The molecular formula is C18H14BrN5. The van der Waals surface area contributed by atoms with Crippen LogP contribution in [0, 0.1) is 18.3 Å². The lowest BCUT2D eigenvalue weighted by Gasteiger charge is -2.10. The number of nitrogens with zero attached hydrogens (tertiary/aromatic N) is 3. The second kappa shape index (κ2) is 7.11. The van der Waals surface area contributed by atoms with Crippen LogP contribution in [-0.2, 0) is 0 Å². The molecule has 0 aliphatic heterocycles. The third-order valence-corrected chi connectivity index (χ3v) is 3.77. The SMILES string of the molecule is Cc1cc(Nc2ccc(Br)cc2)nc(Nc2ccc(C#N)cc2)n1. The fraction of sp³-hybridized carbons (Fsp3) is 0.0556. The van der Waals surface area contributed by atoms with Crippen molar-refractivity contribution in [2.24, 2.45) is 0 Å². The van der Waals surface area contributed by atoms with Crippen LogP contribution in [0.15, 0.2) is 59.1 Å². The van der Waals surface area contributed by atoms with Crippen molar-refractivity contribution >= 4 is 39.1 Å². The van der Waals surface area contributed by atoms with Crippen molar-refractivity contribution < 1.29 is 0 Å². The first-order valence-corrected chi connectivity index (χ1v) is 8.07. The number of aromatic nitrogens is 2. The molecule has 0 saturated carbocycles. The average Bonchev–Trinajstić information content (AvgIpc) is 2.57. The Morgan fingerprint density at radius 1 is 0.917 bits per heavy atom. The Bertz CT molecular complexity index is 883. The van der Waals surface area contributed by atoms with Crippen molar-refractivity contribution in [2.75, 3.05) is 10.6 Å². The van der Waals surface area contributed by atoms with E-state index in [1.165, 1.54) is 0 Å². The molecule has 2 aromatic carbocycles. The standard InChI is InChI=1S/C18H14BrN5/c1-12-10-17(22-15-8-4-14(19)5-9-15)24-18(21-12)23-16-6-2-13(11-20)3-7-16/h2-10H,1H3,(H2,21,22,23,24). The Labute approximate surface area is 148 Å². The number of aryl methyl sites for hydroxylation is 1. The van der Waals surface area contributed by atoms with E-state index in [1.807, 2.05) is 49.4 Å². The van der Waals surface area contributed by atoms with Crippen molar-refractivity contribution in [1.29, 1.82) is 5.26 Å². The second-order valence-corrected chi connectivity index (χ2v) is 6.08. The molecule has 5 nitrogen and oxygen atoms in total. The molecule has 118 valence electrons. The van der Waals surface area contributed by atoms with Crippen LogP contribution >= 0.6 is 15.9 Å². The van der Waals surface area contributed by atoms with Crippen LogP contribution in [0.5, 0.6) is 0 Å². The van der Waals surface area contributed by atoms with Crippen LogP contribution in [0.3, 0.4) is 0 Å². The largest absolute Gasteiger partial charge is 0.340 e. The summed E-state index contributed by atoms with van der Waals surface area (Å²) in [5.74, 6) is 1.21. The van der Waals surface area contributed by atoms with Gasteiger partial charge in [0.05, 0.1) is 11.6 Å². The third-order valence-electron chi connectivity index (χ3n) is 3.24. The molecule has 1 heterocycles. The van der Waals surface area contributed by atoms with Gasteiger partial charge in [-0.3, -0.25) is 0 Å². The number of benzene rings is 2. The molecule has 1 aromatic heterocycles. The summed E-state index contributed by atoms with van der Waals surface area (Å²) in [6, 6.07) is 19.0. The fourth-order valence-electron chi connectivity index (χ4n) is 2.13. The van der Waals surface area contributed by atoms with Crippen LogP contribution in [0.4, 0.5) is 23.1 Å². The molecule has 3 rings (SSSR count). The first-order valence-electron chi connectivity index (χ1n) is 7.28. The molecule has 0 aliphatic carbocycles. The van der Waals surface area contributed by atoms with Crippen LogP contribution < -0.4 is 10.6 Å². The van der Waals surface area contributed by atoms with E-state index in [-0.39, 0.29) is 0 Å². The quantitative estimate of drug-likeness (QED) is 0.673. The zero-order chi connectivity index (χ0) is 16.9. The molecule has 24 heavy (non-hydrogen) atoms. The predicted molar refractivity (Wildman–Crippen MR) is 98.6 cm³/mol. The maximum absolute atomic E-state index is 8.84. The zero-order valence-electron chi connectivity index (χ0n) is 12.9. The molecule has 0 spiro atoms. The molecule has 0 saturated heterocycles. The number of hydrogen-bond acceptors (Lipinski definition) is 5. The Hall–Kier alpha value is -2.91. The van der Waals surface area contributed by atoms with Gasteiger partial charge in [-0.2, -0.15) is 10.2 Å². The maximum Gasteiger partial charge on any atom is 0.229 e. The minimum absolute atomic E-state index is 0.499. The van der Waals surface area contributed by atoms with Crippen LogP contribution in [0.2, 0.25) is 0 Å². The van der Waals surface area contributed by atoms with Crippen molar-refractivity contribution in [3.05, 3.63) is 70.3 Å². The highest BCUT2D eigenvalue weighted by atomic mass is 79.9. The van der Waals surface area contributed by atoms with E-state index in [0.29, 0.717) is 17.3 Å². The molecule has 0 bridgehead atoms. The van der Waals surface area contributed by atoms with Crippen molar-refractivity contribution in [1.82, 2.24) is 9.97 Å². The summed E-state index contributed by atoms with van der Waals surface area (Å²) in [6.45, 7) is 1.92. The molecule has 0 amide bonds. The van der Waals surface area contributed by atoms with Crippen molar-refractivity contribution in [3.63, 3.8) is 0 Å². The smallest absolute Gasteiger partial charge is 0.229 e. The Kier molecular flexibility index (Phi) is 4.73. The van der Waals surface area contributed by atoms with Crippen LogP contribution in [0.25, 0.3) is 0 Å². The number of nitrogens with one attached hydrogen (secondary N) is 2. The molecule has 3 aromatic rings. The van der Waals surface area contributed by atoms with Gasteiger partial charge >= 0.3 is 0 Å². The van der Waals surface area contributed by atoms with Gasteiger partial charge in [0.2, 0.25) is 5.95 Å². The van der Waals surface area contributed by atoms with E-state index in [2.05, 4.69) is 42.6 Å². The zero-order valence-corrected chi connectivity index (χ0v) is 14.5. The molecular weight excluding hydrogens is 366 g/mol. The number of halogens is 1. The minimum Gasteiger partial charge on any atom is -0.340 e. The first kappa shape index (κ1) is 16.0. The lowest BCUT2D eigenvalue weighted by Crippen LogP contribution is -2.02. The molecule has 0 fully saturated rings. The van der Waals surface area contributed by atoms with E-state index in [1.54, 1.807) is 12.1 Å². The summed E-state index contributed by atoms with van der Waals surface area (Å²) < 4.78 is 1.02. The van der Waals surface area contributed by atoms with Gasteiger partial charge in [0.15, 0.2) is 0 Å². The fourth-order valence-corrected chi connectivity index (χ4v) is 2.39. The summed E-state index contributed by atoms with van der Waals surface area (Å²) in [5, 5.41) is 15.3. The summed E-state index contributed by atoms with van der Waals surface area (Å²) in [4.78, 5) is 8.87. The van der Waals surface area contributed by atoms with Gasteiger partial charge in [-0.15, -0.1) is 0 Å². The predicted octanol–water partition coefficient (Wildman–Crippen LogP) is 4.91. The van der Waals surface area contributed by atoms with Gasteiger partial charge in [-0.05, 0) is 55.5 Å². The molecule has 2 N–H and O–H groups in total. The van der Waals surface area contributed by atoms with Gasteiger partial charge in [0, 0.05) is 27.6 Å². The second-order valence-electron chi connectivity index (χ2n) is 5.16. The van der Waals surface area contributed by atoms with Gasteiger partial charge in [-0.1, -0.05) is 15.9 Å². The highest BCUT2D eigenvalue weighted by molar-refractivity contribution is 9.10. The van der Waals surface area contributed by atoms with Crippen molar-refractivity contribution in [2.45, 2.75) is 6.92 Å². The molecule has 6 heteroatoms. The molecule has 0 radical (unpaired) electrons. The monoisotopic (exact) mass is 379 g/mol. The summed E-state index contributed by atoms with van der Waals surface area (Å²) in [7, 11) is 0. The van der Waals surface area contributed by atoms with E-state index in [4.69, 9.17) is 5.26 Å². The molecule has 0 aliphatic rings. The number of nitriles is 1. The van der Waals surface area contributed by atoms with E-state index >= 15 is 0 Å². The Balaban J connectivity index is 1.80. The highest BCUT2D eigenvalue weighted by Crippen LogP contribution is 2.21. The highest BCUT2D eigenvalue weighted by Gasteiger charge is 2.04. The lowest BCUT2D eigenvalue weighted by atomic mass is 10.2. The number of anilines is 4. The van der Waals surface area contributed by atoms with Crippen LogP contribution in [-0.4, -0.2) is 9.97 Å². The molecule has 0 atom stereocenters. The minimum atomic E-state index is 0.499. The van der Waals surface area contributed by atoms with E-state index in [9.17, 15) is 0 Å². The summed E-state index contributed by atoms with van der Waals surface area (Å²) in [6.07, 6.45) is 0. The normalized spacial score (nSPS) is 10.0. The first-order chi connectivity index (χ1) is 11.6. The Morgan fingerprint density at radius 2 is 1.54 bits per heavy atom. The van der Waals surface area contributed by atoms with E-state index < -0.39 is 0 Å². The molecule has 0 unspecified atom stereocenters. The van der Waals surface area contributed by atoms with Gasteiger partial charge in [0.25, 0.3) is 0 Å². The van der Waals surface area contributed by atoms with Crippen molar-refractivity contribution in [3.8, 4) is 6.07 Å². The van der Waals surface area contributed by atoms with E-state index in [0.717, 1.165) is 21.5 Å². The lowest BCUT2D eigenvalue weighted by molar-refractivity contribution is 1.11. The van der Waals surface area contributed by atoms with Crippen LogP contribution in [0.1, 0.15) is 11.3 Å². The summed E-state index contributed by atoms with van der Waals surface area (Å²) >= 11 is 3.42. The number of rotatable bonds is 4. The Morgan fingerprint density at radius 3 is 2.21 bits per heavy atom. The van der Waals surface area contributed by atoms with Gasteiger partial charge < -0.3 is 10.6 Å². The third kappa shape index (κ3) is 4.09. The summed E-state index contributed by atoms with van der Waals surface area (Å²) in [5.41, 5.74) is 3.24. The average molecular weight is 380 g/mol. The van der Waals surface area contributed by atoms with Gasteiger partial charge in [0.1, 0.15) is 5.82 Å².